The third-order valence-corrected chi connectivity index (χ3v) is 6.55. The molecule has 7 heteroatoms. The van der Waals surface area contributed by atoms with Crippen LogP contribution in [-0.4, -0.2) is 39.8 Å². The first kappa shape index (κ1) is 21.1. The number of aromatic nitrogens is 2. The van der Waals surface area contributed by atoms with Crippen molar-refractivity contribution in [1.82, 2.24) is 14.9 Å². The molecule has 1 fully saturated rings. The van der Waals surface area contributed by atoms with Gasteiger partial charge < -0.3 is 15.5 Å². The summed E-state index contributed by atoms with van der Waals surface area (Å²) < 4.78 is 0. The van der Waals surface area contributed by atoms with Gasteiger partial charge in [0.05, 0.1) is 5.92 Å². The van der Waals surface area contributed by atoms with Gasteiger partial charge in [0.15, 0.2) is 0 Å². The molecular weight excluding hydrogens is 414 g/mol. The Bertz CT molecular complexity index is 1190. The second kappa shape index (κ2) is 9.02. The maximum atomic E-state index is 13.3. The van der Waals surface area contributed by atoms with Crippen molar-refractivity contribution in [3.8, 4) is 0 Å². The number of nitrogens with one attached hydrogen (secondary N) is 2. The molecule has 2 aliphatic rings. The summed E-state index contributed by atoms with van der Waals surface area (Å²) >= 11 is 0. The molecule has 0 aliphatic carbocycles. The lowest BCUT2D eigenvalue weighted by molar-refractivity contribution is -0.135. The van der Waals surface area contributed by atoms with Crippen molar-refractivity contribution in [3.05, 3.63) is 77.6 Å². The number of hydrogen-bond donors (Lipinski definition) is 2. The van der Waals surface area contributed by atoms with Crippen molar-refractivity contribution >= 4 is 29.1 Å². The third kappa shape index (κ3) is 4.44. The van der Waals surface area contributed by atoms with Crippen LogP contribution in [0.25, 0.3) is 0 Å². The summed E-state index contributed by atoms with van der Waals surface area (Å²) in [5.41, 5.74) is 3.76. The van der Waals surface area contributed by atoms with Crippen LogP contribution in [0.3, 0.4) is 0 Å². The number of para-hydroxylation sites is 1. The summed E-state index contributed by atoms with van der Waals surface area (Å²) in [5.74, 6) is 1.42. The largest absolute Gasteiger partial charge is 0.342 e. The lowest BCUT2D eigenvalue weighted by atomic mass is 9.87. The molecule has 0 radical (unpaired) electrons. The van der Waals surface area contributed by atoms with E-state index in [1.807, 2.05) is 60.4 Å². The lowest BCUT2D eigenvalue weighted by Gasteiger charge is -2.35. The Balaban J connectivity index is 1.25. The van der Waals surface area contributed by atoms with E-state index in [0.29, 0.717) is 19.0 Å². The molecule has 2 aliphatic heterocycles. The van der Waals surface area contributed by atoms with E-state index < -0.39 is 5.92 Å². The fourth-order valence-electron chi connectivity index (χ4n) is 4.73. The number of piperidine rings is 1. The number of hydrogen-bond acceptors (Lipinski definition) is 5. The Labute approximate surface area is 193 Å². The maximum absolute atomic E-state index is 13.3. The average molecular weight is 442 g/mol. The smallest absolute Gasteiger partial charge is 0.230 e. The van der Waals surface area contributed by atoms with Gasteiger partial charge in [0.1, 0.15) is 11.6 Å². The van der Waals surface area contributed by atoms with Gasteiger partial charge in [-0.15, -0.1) is 0 Å². The van der Waals surface area contributed by atoms with Crippen LogP contribution >= 0.6 is 0 Å². The molecule has 4 heterocycles. The maximum Gasteiger partial charge on any atom is 0.230 e. The van der Waals surface area contributed by atoms with Crippen molar-refractivity contribution < 1.29 is 9.59 Å². The van der Waals surface area contributed by atoms with Crippen LogP contribution in [0.4, 0.5) is 17.3 Å². The van der Waals surface area contributed by atoms with Gasteiger partial charge in [-0.2, -0.15) is 0 Å². The molecular formula is C26H27N5O2. The molecule has 7 nitrogen and oxygen atoms in total. The first-order chi connectivity index (χ1) is 16.1. The fraction of sp³-hybridized carbons (Fsp3) is 0.308. The molecule has 0 spiro atoms. The van der Waals surface area contributed by atoms with Gasteiger partial charge in [-0.1, -0.05) is 30.3 Å². The average Bonchev–Trinajstić information content (AvgIpc) is 2.85. The van der Waals surface area contributed by atoms with Crippen LogP contribution in [0, 0.1) is 6.92 Å². The molecule has 33 heavy (non-hydrogen) atoms. The molecule has 2 aromatic heterocycles. The normalized spacial score (nSPS) is 18.4. The molecule has 0 saturated carbocycles. The van der Waals surface area contributed by atoms with E-state index >= 15 is 0 Å². The highest BCUT2D eigenvalue weighted by atomic mass is 16.2. The molecule has 1 saturated heterocycles. The third-order valence-electron chi connectivity index (χ3n) is 6.55. The first-order valence-corrected chi connectivity index (χ1v) is 11.4. The zero-order chi connectivity index (χ0) is 22.8. The van der Waals surface area contributed by atoms with E-state index in [4.69, 9.17) is 4.98 Å². The van der Waals surface area contributed by atoms with E-state index in [9.17, 15) is 9.59 Å². The van der Waals surface area contributed by atoms with Gasteiger partial charge >= 0.3 is 0 Å². The number of benzene rings is 1. The van der Waals surface area contributed by atoms with Crippen LogP contribution in [0.15, 0.2) is 60.8 Å². The number of pyridine rings is 2. The molecule has 0 bridgehead atoms. The van der Waals surface area contributed by atoms with E-state index in [-0.39, 0.29) is 18.2 Å². The van der Waals surface area contributed by atoms with Crippen LogP contribution in [0.2, 0.25) is 0 Å². The number of rotatable bonds is 4. The minimum atomic E-state index is -0.404. The number of carbonyl (C=O) groups is 2. The summed E-state index contributed by atoms with van der Waals surface area (Å²) in [4.78, 5) is 36.6. The fourth-order valence-corrected chi connectivity index (χ4v) is 4.73. The molecule has 5 rings (SSSR count). The predicted molar refractivity (Wildman–Crippen MR) is 127 cm³/mol. The van der Waals surface area contributed by atoms with E-state index in [2.05, 4.69) is 21.7 Å². The van der Waals surface area contributed by atoms with Crippen molar-refractivity contribution in [3.63, 3.8) is 0 Å². The van der Waals surface area contributed by atoms with Crippen LogP contribution in [0.1, 0.15) is 47.9 Å². The van der Waals surface area contributed by atoms with Gasteiger partial charge in [-0.05, 0) is 55.2 Å². The number of anilines is 3. The quantitative estimate of drug-likeness (QED) is 0.628. The molecule has 168 valence electrons. The zero-order valence-electron chi connectivity index (χ0n) is 18.6. The van der Waals surface area contributed by atoms with Crippen molar-refractivity contribution in [2.24, 2.45) is 0 Å². The highest BCUT2D eigenvalue weighted by Gasteiger charge is 2.35. The highest BCUT2D eigenvalue weighted by molar-refractivity contribution is 6.01. The first-order valence-electron chi connectivity index (χ1n) is 11.4. The predicted octanol–water partition coefficient (Wildman–Crippen LogP) is 4.36. The van der Waals surface area contributed by atoms with E-state index in [0.717, 1.165) is 47.0 Å². The van der Waals surface area contributed by atoms with Crippen LogP contribution < -0.4 is 10.6 Å². The minimum absolute atomic E-state index is 0.0461. The number of nitrogens with zero attached hydrogens (tertiary/aromatic N) is 3. The zero-order valence-corrected chi connectivity index (χ0v) is 18.6. The molecule has 0 unspecified atom stereocenters. The van der Waals surface area contributed by atoms with Crippen molar-refractivity contribution in [1.29, 1.82) is 0 Å². The van der Waals surface area contributed by atoms with E-state index in [1.54, 1.807) is 6.20 Å². The van der Waals surface area contributed by atoms with Gasteiger partial charge in [0.25, 0.3) is 0 Å². The number of aryl methyl sites for hydroxylation is 1. The van der Waals surface area contributed by atoms with E-state index in [1.165, 1.54) is 0 Å². The van der Waals surface area contributed by atoms with Crippen molar-refractivity contribution in [2.75, 3.05) is 23.7 Å². The highest BCUT2D eigenvalue weighted by Crippen LogP contribution is 2.35. The van der Waals surface area contributed by atoms with Gasteiger partial charge in [0.2, 0.25) is 11.8 Å². The molecule has 1 atom stereocenters. The van der Waals surface area contributed by atoms with Gasteiger partial charge in [-0.3, -0.25) is 9.59 Å². The standard InChI is InChI=1S/C26H27N5O2/c1-17-6-5-13-27-25(17)30-23-10-4-9-21(28-23)18-11-14-31(15-12-18)26(33)20-16-24(32)29-22-8-3-2-7-19(20)22/h2-10,13,18,20H,11-12,14-16H2,1H3,(H,29,32)(H,27,28,30)/t20-/m0/s1. The van der Waals surface area contributed by atoms with Crippen LogP contribution in [0.5, 0.6) is 0 Å². The SMILES string of the molecule is Cc1cccnc1Nc1cccc(C2CCN(C(=O)[C@H]3CC(=O)Nc4ccccc43)CC2)n1. The Morgan fingerprint density at radius 2 is 1.88 bits per heavy atom. The number of likely N-dealkylation sites (tertiary alicyclic amines) is 1. The molecule has 3 aromatic rings. The Morgan fingerprint density at radius 3 is 2.70 bits per heavy atom. The minimum Gasteiger partial charge on any atom is -0.342 e. The summed E-state index contributed by atoms with van der Waals surface area (Å²) in [5, 5.41) is 6.18. The van der Waals surface area contributed by atoms with Gasteiger partial charge in [-0.25, -0.2) is 9.97 Å². The Hall–Kier alpha value is -3.74. The number of carbonyl (C=O) groups excluding carboxylic acids is 2. The summed E-state index contributed by atoms with van der Waals surface area (Å²) in [6.07, 6.45) is 3.68. The number of fused-ring (bicyclic) bond motifs is 1. The lowest BCUT2D eigenvalue weighted by Crippen LogP contribution is -2.42. The molecule has 2 N–H and O–H groups in total. The Kier molecular flexibility index (Phi) is 5.77. The number of amides is 2. The van der Waals surface area contributed by atoms with Crippen molar-refractivity contribution in [2.45, 2.75) is 38.0 Å². The van der Waals surface area contributed by atoms with Gasteiger partial charge in [0, 0.05) is 43.0 Å². The molecule has 2 amide bonds. The van der Waals surface area contributed by atoms with Crippen LogP contribution in [-0.2, 0) is 9.59 Å². The Morgan fingerprint density at radius 1 is 1.06 bits per heavy atom. The summed E-state index contributed by atoms with van der Waals surface area (Å²) in [6, 6.07) is 17.5. The summed E-state index contributed by atoms with van der Waals surface area (Å²) in [6.45, 7) is 3.35. The topological polar surface area (TPSA) is 87.2 Å². The second-order valence-corrected chi connectivity index (χ2v) is 8.73. The molecule has 1 aromatic carbocycles. The second-order valence-electron chi connectivity index (χ2n) is 8.73. The monoisotopic (exact) mass is 441 g/mol. The summed E-state index contributed by atoms with van der Waals surface area (Å²) in [7, 11) is 0.